The number of nitrogens with one attached hydrogen (secondary N) is 1. The monoisotopic (exact) mass is 270 g/mol. The van der Waals surface area contributed by atoms with E-state index in [4.69, 9.17) is 9.47 Å². The fourth-order valence-electron chi connectivity index (χ4n) is 1.44. The van der Waals surface area contributed by atoms with Gasteiger partial charge in [0.05, 0.1) is 25.2 Å². The van der Waals surface area contributed by atoms with E-state index in [1.165, 1.54) is 33.5 Å². The molecule has 0 saturated heterocycles. The molecule has 0 heterocycles. The molecule has 19 heavy (non-hydrogen) atoms. The Hall–Kier alpha value is -2.35. The summed E-state index contributed by atoms with van der Waals surface area (Å²) >= 11 is 0. The zero-order valence-corrected chi connectivity index (χ0v) is 10.8. The van der Waals surface area contributed by atoms with Gasteiger partial charge in [-0.1, -0.05) is 0 Å². The molecular formula is C11H14N2O6. The number of benzene rings is 1. The van der Waals surface area contributed by atoms with Crippen LogP contribution in [-0.2, 0) is 9.53 Å². The van der Waals surface area contributed by atoms with Gasteiger partial charge in [-0.15, -0.1) is 0 Å². The van der Waals surface area contributed by atoms with Crippen LogP contribution >= 0.6 is 0 Å². The molecule has 0 unspecified atom stereocenters. The first kappa shape index (κ1) is 14.7. The molecule has 8 heteroatoms. The number of nitro benzene ring substituents is 1. The van der Waals surface area contributed by atoms with Crippen molar-refractivity contribution in [3.63, 3.8) is 0 Å². The minimum absolute atomic E-state index is 0.0182. The van der Waals surface area contributed by atoms with Crippen molar-refractivity contribution in [3.8, 4) is 11.5 Å². The molecule has 1 aromatic carbocycles. The van der Waals surface area contributed by atoms with Crippen LogP contribution in [0.4, 0.5) is 11.4 Å². The number of ether oxygens (including phenoxy) is 3. The molecule has 0 fully saturated rings. The standard InChI is InChI=1S/C11H14N2O6/c1-17-6-11(14)12-7-4-9(18-2)10(19-3)5-8(7)13(15)16/h4-5H,6H2,1-3H3,(H,12,14). The topological polar surface area (TPSA) is 99.9 Å². The molecule has 0 saturated carbocycles. The van der Waals surface area contributed by atoms with Crippen LogP contribution in [0.3, 0.4) is 0 Å². The van der Waals surface area contributed by atoms with Gasteiger partial charge in [-0.3, -0.25) is 14.9 Å². The third-order valence-electron chi connectivity index (χ3n) is 2.25. The van der Waals surface area contributed by atoms with E-state index in [0.29, 0.717) is 0 Å². The van der Waals surface area contributed by atoms with E-state index < -0.39 is 10.8 Å². The smallest absolute Gasteiger partial charge is 0.296 e. The molecule has 0 radical (unpaired) electrons. The van der Waals surface area contributed by atoms with E-state index >= 15 is 0 Å². The zero-order valence-electron chi connectivity index (χ0n) is 10.8. The van der Waals surface area contributed by atoms with Crippen molar-refractivity contribution in [2.24, 2.45) is 0 Å². The van der Waals surface area contributed by atoms with Crippen molar-refractivity contribution in [2.45, 2.75) is 0 Å². The van der Waals surface area contributed by atoms with Crippen molar-refractivity contribution in [3.05, 3.63) is 22.2 Å². The molecule has 0 atom stereocenters. The Morgan fingerprint density at radius 3 is 2.32 bits per heavy atom. The predicted molar refractivity (Wildman–Crippen MR) is 66.7 cm³/mol. The Bertz CT molecular complexity index is 488. The summed E-state index contributed by atoms with van der Waals surface area (Å²) < 4.78 is 14.6. The Morgan fingerprint density at radius 2 is 1.84 bits per heavy atom. The predicted octanol–water partition coefficient (Wildman–Crippen LogP) is 1.20. The van der Waals surface area contributed by atoms with Gasteiger partial charge in [-0.05, 0) is 0 Å². The lowest BCUT2D eigenvalue weighted by Crippen LogP contribution is -2.18. The maximum atomic E-state index is 11.4. The number of hydrogen-bond donors (Lipinski definition) is 1. The van der Waals surface area contributed by atoms with Gasteiger partial charge in [-0.2, -0.15) is 0 Å². The molecule has 104 valence electrons. The minimum Gasteiger partial charge on any atom is -0.493 e. The Kier molecular flexibility index (Phi) is 5.07. The zero-order chi connectivity index (χ0) is 14.4. The van der Waals surface area contributed by atoms with Crippen LogP contribution in [0.2, 0.25) is 0 Å². The highest BCUT2D eigenvalue weighted by Crippen LogP contribution is 2.37. The molecule has 0 aromatic heterocycles. The SMILES string of the molecule is COCC(=O)Nc1cc(OC)c(OC)cc1[N+](=O)[O-]. The number of hydrogen-bond acceptors (Lipinski definition) is 6. The van der Waals surface area contributed by atoms with Crippen molar-refractivity contribution in [1.29, 1.82) is 0 Å². The summed E-state index contributed by atoms with van der Waals surface area (Å²) in [5, 5.41) is 13.3. The third-order valence-corrected chi connectivity index (χ3v) is 2.25. The van der Waals surface area contributed by atoms with E-state index in [1.807, 2.05) is 0 Å². The molecule has 0 aliphatic carbocycles. The number of carbonyl (C=O) groups is 1. The second-order valence-corrected chi connectivity index (χ2v) is 3.46. The lowest BCUT2D eigenvalue weighted by atomic mass is 10.2. The average molecular weight is 270 g/mol. The number of anilines is 1. The number of carbonyl (C=O) groups excluding carboxylic acids is 1. The summed E-state index contributed by atoms with van der Waals surface area (Å²) in [7, 11) is 4.11. The number of methoxy groups -OCH3 is 3. The maximum absolute atomic E-state index is 11.4. The van der Waals surface area contributed by atoms with Crippen LogP contribution in [0.25, 0.3) is 0 Å². The molecule has 0 aliphatic heterocycles. The summed E-state index contributed by atoms with van der Waals surface area (Å²) in [5.41, 5.74) is -0.271. The van der Waals surface area contributed by atoms with Crippen LogP contribution in [0.5, 0.6) is 11.5 Å². The quantitative estimate of drug-likeness (QED) is 0.615. The van der Waals surface area contributed by atoms with Gasteiger partial charge in [-0.25, -0.2) is 0 Å². The largest absolute Gasteiger partial charge is 0.493 e. The first-order chi connectivity index (χ1) is 9.03. The van der Waals surface area contributed by atoms with Gasteiger partial charge in [0.25, 0.3) is 11.6 Å². The van der Waals surface area contributed by atoms with Gasteiger partial charge in [0.1, 0.15) is 12.3 Å². The molecule has 0 spiro atoms. The summed E-state index contributed by atoms with van der Waals surface area (Å²) in [6.45, 7) is -0.203. The fourth-order valence-corrected chi connectivity index (χ4v) is 1.44. The Labute approximate surface area is 109 Å². The van der Waals surface area contributed by atoms with Crippen LogP contribution < -0.4 is 14.8 Å². The first-order valence-corrected chi connectivity index (χ1v) is 5.22. The van der Waals surface area contributed by atoms with E-state index in [1.54, 1.807) is 0 Å². The lowest BCUT2D eigenvalue weighted by molar-refractivity contribution is -0.384. The van der Waals surface area contributed by atoms with Crippen molar-refractivity contribution < 1.29 is 23.9 Å². The minimum atomic E-state index is -0.621. The highest BCUT2D eigenvalue weighted by Gasteiger charge is 2.20. The molecule has 0 bridgehead atoms. The molecule has 1 N–H and O–H groups in total. The van der Waals surface area contributed by atoms with Crippen LogP contribution in [0, 0.1) is 10.1 Å². The Morgan fingerprint density at radius 1 is 1.26 bits per heavy atom. The highest BCUT2D eigenvalue weighted by molar-refractivity contribution is 5.94. The van der Waals surface area contributed by atoms with Gasteiger partial charge in [0, 0.05) is 13.2 Å². The second kappa shape index (κ2) is 6.55. The van der Waals surface area contributed by atoms with Gasteiger partial charge >= 0.3 is 0 Å². The normalized spacial score (nSPS) is 9.84. The molecule has 0 aliphatic rings. The second-order valence-electron chi connectivity index (χ2n) is 3.46. The third kappa shape index (κ3) is 3.55. The maximum Gasteiger partial charge on any atom is 0.296 e. The number of nitro groups is 1. The van der Waals surface area contributed by atoms with Gasteiger partial charge in [0.15, 0.2) is 11.5 Å². The van der Waals surface area contributed by atoms with Crippen molar-refractivity contribution in [2.75, 3.05) is 33.3 Å². The lowest BCUT2D eigenvalue weighted by Gasteiger charge is -2.11. The Balaban J connectivity index is 3.19. The highest BCUT2D eigenvalue weighted by atomic mass is 16.6. The average Bonchev–Trinajstić information content (AvgIpc) is 2.38. The summed E-state index contributed by atoms with van der Waals surface area (Å²) in [6, 6.07) is 2.51. The van der Waals surface area contributed by atoms with Crippen LogP contribution in [0.15, 0.2) is 12.1 Å². The van der Waals surface area contributed by atoms with E-state index in [9.17, 15) is 14.9 Å². The fraction of sp³-hybridized carbons (Fsp3) is 0.364. The van der Waals surface area contributed by atoms with E-state index in [-0.39, 0.29) is 29.5 Å². The van der Waals surface area contributed by atoms with E-state index in [2.05, 4.69) is 10.1 Å². The number of rotatable bonds is 6. The van der Waals surface area contributed by atoms with Crippen LogP contribution in [0.1, 0.15) is 0 Å². The first-order valence-electron chi connectivity index (χ1n) is 5.22. The van der Waals surface area contributed by atoms with Crippen molar-refractivity contribution in [1.82, 2.24) is 0 Å². The molecule has 1 aromatic rings. The number of nitrogens with zero attached hydrogens (tertiary/aromatic N) is 1. The summed E-state index contributed by atoms with van der Waals surface area (Å²) in [4.78, 5) is 21.7. The molecule has 1 rings (SSSR count). The number of amides is 1. The molecular weight excluding hydrogens is 256 g/mol. The van der Waals surface area contributed by atoms with Crippen LogP contribution in [-0.4, -0.2) is 38.8 Å². The molecule has 8 nitrogen and oxygen atoms in total. The van der Waals surface area contributed by atoms with Crippen molar-refractivity contribution >= 4 is 17.3 Å². The van der Waals surface area contributed by atoms with Gasteiger partial charge < -0.3 is 19.5 Å². The van der Waals surface area contributed by atoms with Gasteiger partial charge in [0.2, 0.25) is 0 Å². The summed E-state index contributed by atoms with van der Waals surface area (Å²) in [5.74, 6) is -0.0161. The molecule has 1 amide bonds. The summed E-state index contributed by atoms with van der Waals surface area (Å²) in [6.07, 6.45) is 0. The van der Waals surface area contributed by atoms with E-state index in [0.717, 1.165) is 0 Å².